The topological polar surface area (TPSA) is 142 Å². The van der Waals surface area contributed by atoms with Gasteiger partial charge in [0.1, 0.15) is 35.1 Å². The van der Waals surface area contributed by atoms with E-state index < -0.39 is 83.1 Å². The number of alkyl halides is 5. The lowest BCUT2D eigenvalue weighted by molar-refractivity contribution is -0.265. The molecule has 0 bridgehead atoms. The maximum absolute atomic E-state index is 14.7. The Morgan fingerprint density at radius 1 is 1.19 bits per heavy atom. The van der Waals surface area contributed by atoms with Gasteiger partial charge in [0.05, 0.1) is 36.8 Å². The molecule has 2 aromatic heterocycles. The molecule has 2 amide bonds. The van der Waals surface area contributed by atoms with Gasteiger partial charge in [-0.1, -0.05) is 11.6 Å². The van der Waals surface area contributed by atoms with E-state index in [1.807, 2.05) is 0 Å². The molecule has 2 heterocycles. The van der Waals surface area contributed by atoms with Crippen LogP contribution in [0.2, 0.25) is 5.02 Å². The van der Waals surface area contributed by atoms with Gasteiger partial charge in [-0.3, -0.25) is 14.3 Å². The van der Waals surface area contributed by atoms with Crippen LogP contribution in [0.3, 0.4) is 0 Å². The van der Waals surface area contributed by atoms with Crippen LogP contribution in [0.5, 0.6) is 11.5 Å². The van der Waals surface area contributed by atoms with Gasteiger partial charge in [-0.2, -0.15) is 18.3 Å². The molecule has 1 atom stereocenters. The second-order valence-corrected chi connectivity index (χ2v) is 11.2. The lowest BCUT2D eigenvalue weighted by Gasteiger charge is -2.31. The second-order valence-electron chi connectivity index (χ2n) is 10.8. The predicted molar refractivity (Wildman–Crippen MR) is 156 cm³/mol. The van der Waals surface area contributed by atoms with Crippen LogP contribution < -0.4 is 20.5 Å². The standard InChI is InChI=1S/C30H26ClF6N5O5/c1-46-21-8-16(6-17-11-42(18-3-4-18)41-25(17)21)28(44)39-13-29(45,30(35,36)37)22-9-15(10-24(38)43)27(47-12-23(33)34)26(40-22)14-2-5-20(32)19(31)7-14/h2,5-9,11,18,23,45H,3-4,10,12-13H2,1H3,(H2,38,43)(H,39,44)/t29-/m0/s1. The summed E-state index contributed by atoms with van der Waals surface area (Å²) in [6.45, 7) is -2.75. The summed E-state index contributed by atoms with van der Waals surface area (Å²) in [4.78, 5) is 29.0. The summed E-state index contributed by atoms with van der Waals surface area (Å²) in [6.07, 6.45) is -5.86. The van der Waals surface area contributed by atoms with Crippen LogP contribution in [-0.4, -0.2) is 64.5 Å². The molecule has 5 rings (SSSR count). The first-order valence-corrected chi connectivity index (χ1v) is 14.3. The average molecular weight is 686 g/mol. The number of aromatic nitrogens is 3. The van der Waals surface area contributed by atoms with Gasteiger partial charge in [0.25, 0.3) is 12.3 Å². The number of rotatable bonds is 12. The molecule has 2 aromatic carbocycles. The summed E-state index contributed by atoms with van der Waals surface area (Å²) in [5, 5.41) is 17.7. The van der Waals surface area contributed by atoms with Crippen molar-refractivity contribution < 1.29 is 50.5 Å². The molecule has 4 aromatic rings. The molecule has 0 saturated heterocycles. The van der Waals surface area contributed by atoms with Crippen molar-refractivity contribution in [3.63, 3.8) is 0 Å². The number of hydrogen-bond acceptors (Lipinski definition) is 7. The third kappa shape index (κ3) is 7.07. The minimum absolute atomic E-state index is 0.103. The first-order chi connectivity index (χ1) is 22.1. The van der Waals surface area contributed by atoms with Crippen molar-refractivity contribution in [1.82, 2.24) is 20.1 Å². The molecule has 4 N–H and O–H groups in total. The number of nitrogens with one attached hydrogen (secondary N) is 1. The Morgan fingerprint density at radius 2 is 1.91 bits per heavy atom. The normalized spacial score (nSPS) is 14.7. The molecule has 10 nitrogen and oxygen atoms in total. The van der Waals surface area contributed by atoms with Gasteiger partial charge in [0.2, 0.25) is 11.5 Å². The number of hydrogen-bond donors (Lipinski definition) is 3. The van der Waals surface area contributed by atoms with Crippen molar-refractivity contribution in [2.45, 2.75) is 43.5 Å². The Kier molecular flexibility index (Phi) is 9.28. The number of carbonyl (C=O) groups is 2. The van der Waals surface area contributed by atoms with E-state index in [2.05, 4.69) is 15.4 Å². The minimum atomic E-state index is -5.51. The lowest BCUT2D eigenvalue weighted by Crippen LogP contribution is -2.51. The average Bonchev–Trinajstić information content (AvgIpc) is 3.76. The van der Waals surface area contributed by atoms with Gasteiger partial charge in [-0.05, 0) is 49.2 Å². The summed E-state index contributed by atoms with van der Waals surface area (Å²) in [5.41, 5.74) is -0.682. The Labute approximate surface area is 267 Å². The summed E-state index contributed by atoms with van der Waals surface area (Å²) in [6, 6.07) is 6.30. The molecule has 0 spiro atoms. The number of halogens is 7. The van der Waals surface area contributed by atoms with E-state index in [-0.39, 0.29) is 22.9 Å². The van der Waals surface area contributed by atoms with Gasteiger partial charge in [0, 0.05) is 28.3 Å². The van der Waals surface area contributed by atoms with Crippen LogP contribution in [0.25, 0.3) is 22.2 Å². The van der Waals surface area contributed by atoms with Crippen LogP contribution in [0, 0.1) is 5.82 Å². The predicted octanol–water partition coefficient (Wildman–Crippen LogP) is 5.09. The monoisotopic (exact) mass is 685 g/mol. The van der Waals surface area contributed by atoms with Gasteiger partial charge in [0.15, 0.2) is 0 Å². The molecule has 0 radical (unpaired) electrons. The Balaban J connectivity index is 1.57. The number of amides is 2. The highest BCUT2D eigenvalue weighted by Gasteiger charge is 2.57. The summed E-state index contributed by atoms with van der Waals surface area (Å²) < 4.78 is 96.5. The summed E-state index contributed by atoms with van der Waals surface area (Å²) in [5.74, 6) is -3.41. The Hall–Kier alpha value is -4.57. The van der Waals surface area contributed by atoms with E-state index in [0.29, 0.717) is 17.0 Å². The number of nitrogens with two attached hydrogens (primary N) is 1. The van der Waals surface area contributed by atoms with Gasteiger partial charge in [-0.15, -0.1) is 0 Å². The number of pyridine rings is 1. The van der Waals surface area contributed by atoms with Crippen molar-refractivity contribution in [2.75, 3.05) is 20.3 Å². The van der Waals surface area contributed by atoms with Crippen LogP contribution >= 0.6 is 11.6 Å². The molecule has 1 aliphatic rings. The van der Waals surface area contributed by atoms with Crippen molar-refractivity contribution in [3.05, 3.63) is 70.3 Å². The van der Waals surface area contributed by atoms with E-state index in [1.165, 1.54) is 19.2 Å². The highest BCUT2D eigenvalue weighted by Crippen LogP contribution is 2.43. The van der Waals surface area contributed by atoms with Crippen molar-refractivity contribution in [2.24, 2.45) is 5.73 Å². The SMILES string of the molecule is COc1cc(C(=O)NC[C@](O)(c2cc(CC(N)=O)c(OCC(F)F)c(-c3ccc(F)c(Cl)c3)n2)C(F)(F)F)cc2cn(C3CC3)nc12. The lowest BCUT2D eigenvalue weighted by atomic mass is 9.93. The van der Waals surface area contributed by atoms with Crippen LogP contribution in [-0.2, 0) is 16.8 Å². The molecule has 250 valence electrons. The zero-order valence-corrected chi connectivity index (χ0v) is 25.1. The molecule has 1 saturated carbocycles. The fourth-order valence-electron chi connectivity index (χ4n) is 4.84. The summed E-state index contributed by atoms with van der Waals surface area (Å²) >= 11 is 5.86. The van der Waals surface area contributed by atoms with Crippen molar-refractivity contribution >= 4 is 34.3 Å². The third-order valence-corrected chi connectivity index (χ3v) is 7.64. The number of primary amides is 1. The Bertz CT molecular complexity index is 1850. The number of fused-ring (bicyclic) bond motifs is 1. The van der Waals surface area contributed by atoms with E-state index in [9.17, 15) is 41.0 Å². The van der Waals surface area contributed by atoms with E-state index in [0.717, 1.165) is 31.0 Å². The van der Waals surface area contributed by atoms with E-state index in [4.69, 9.17) is 26.8 Å². The smallest absolute Gasteiger partial charge is 0.424 e. The Morgan fingerprint density at radius 3 is 2.51 bits per heavy atom. The number of benzene rings is 2. The zero-order chi connectivity index (χ0) is 34.3. The largest absolute Gasteiger partial charge is 0.494 e. The van der Waals surface area contributed by atoms with Crippen LogP contribution in [0.4, 0.5) is 26.3 Å². The fraction of sp³-hybridized carbons (Fsp3) is 0.333. The first-order valence-electron chi connectivity index (χ1n) is 13.9. The number of nitrogens with zero attached hydrogens (tertiary/aromatic N) is 3. The minimum Gasteiger partial charge on any atom is -0.494 e. The molecule has 1 aliphatic carbocycles. The first kappa shape index (κ1) is 33.8. The third-order valence-electron chi connectivity index (χ3n) is 7.35. The van der Waals surface area contributed by atoms with Gasteiger partial charge >= 0.3 is 6.18 Å². The number of carbonyl (C=O) groups excluding carboxylic acids is 2. The maximum atomic E-state index is 14.7. The van der Waals surface area contributed by atoms with E-state index >= 15 is 0 Å². The molecular formula is C30H26ClF6N5O5. The molecule has 47 heavy (non-hydrogen) atoms. The second kappa shape index (κ2) is 12.9. The van der Waals surface area contributed by atoms with E-state index in [1.54, 1.807) is 10.9 Å². The molecule has 17 heteroatoms. The number of methoxy groups -OCH3 is 1. The zero-order valence-electron chi connectivity index (χ0n) is 24.4. The highest BCUT2D eigenvalue weighted by molar-refractivity contribution is 6.31. The summed E-state index contributed by atoms with van der Waals surface area (Å²) in [7, 11) is 1.34. The fourth-order valence-corrected chi connectivity index (χ4v) is 5.02. The molecule has 1 fully saturated rings. The van der Waals surface area contributed by atoms with Crippen molar-refractivity contribution in [1.29, 1.82) is 0 Å². The molecule has 0 aliphatic heterocycles. The molecule has 0 unspecified atom stereocenters. The van der Waals surface area contributed by atoms with Crippen LogP contribution in [0.15, 0.2) is 42.6 Å². The quantitative estimate of drug-likeness (QED) is 0.177. The van der Waals surface area contributed by atoms with Gasteiger partial charge < -0.3 is 25.6 Å². The van der Waals surface area contributed by atoms with Crippen molar-refractivity contribution in [3.8, 4) is 22.8 Å². The maximum Gasteiger partial charge on any atom is 0.424 e. The number of aliphatic hydroxyl groups is 1. The van der Waals surface area contributed by atoms with Gasteiger partial charge in [-0.25, -0.2) is 18.2 Å². The molecular weight excluding hydrogens is 660 g/mol. The van der Waals surface area contributed by atoms with Crippen LogP contribution in [0.1, 0.15) is 40.5 Å². The highest BCUT2D eigenvalue weighted by atomic mass is 35.5. The number of ether oxygens (including phenoxy) is 2.